The number of aliphatic carboxylic acids is 1. The van der Waals surface area contributed by atoms with E-state index in [2.05, 4.69) is 16.8 Å². The molecule has 0 aliphatic carbocycles. The first-order valence-corrected chi connectivity index (χ1v) is 6.73. The monoisotopic (exact) mass is 264 g/mol. The molecule has 1 aromatic heterocycles. The number of carboxylic acid groups (broad SMARTS) is 1. The van der Waals surface area contributed by atoms with E-state index in [1.54, 1.807) is 13.8 Å². The first-order valence-electron chi connectivity index (χ1n) is 6.73. The SMILES string of the molecule is CCN(CCC(C)(C)C(=O)O)Cc1cccc(C)n1. The van der Waals surface area contributed by atoms with Gasteiger partial charge in [0.15, 0.2) is 0 Å². The number of hydrogen-bond acceptors (Lipinski definition) is 3. The zero-order valence-corrected chi connectivity index (χ0v) is 12.3. The lowest BCUT2D eigenvalue weighted by Gasteiger charge is -2.25. The van der Waals surface area contributed by atoms with Crippen LogP contribution in [0.2, 0.25) is 0 Å². The number of rotatable bonds is 7. The van der Waals surface area contributed by atoms with Gasteiger partial charge in [-0.3, -0.25) is 14.7 Å². The topological polar surface area (TPSA) is 53.4 Å². The molecule has 19 heavy (non-hydrogen) atoms. The molecule has 0 bridgehead atoms. The standard InChI is InChI=1S/C15H24N2O2/c1-5-17(10-9-15(3,4)14(18)19)11-13-8-6-7-12(2)16-13/h6-8H,5,9-11H2,1-4H3,(H,18,19). The zero-order chi connectivity index (χ0) is 14.5. The molecule has 1 rings (SSSR count). The van der Waals surface area contributed by atoms with Gasteiger partial charge in [0.2, 0.25) is 0 Å². The van der Waals surface area contributed by atoms with Crippen LogP contribution in [-0.4, -0.2) is 34.0 Å². The Kier molecular flexibility index (Phi) is 5.48. The van der Waals surface area contributed by atoms with Gasteiger partial charge < -0.3 is 5.11 Å². The highest BCUT2D eigenvalue weighted by molar-refractivity contribution is 5.73. The number of aromatic nitrogens is 1. The van der Waals surface area contributed by atoms with Gasteiger partial charge in [0.25, 0.3) is 0 Å². The third-order valence-electron chi connectivity index (χ3n) is 3.41. The van der Waals surface area contributed by atoms with Crippen LogP contribution < -0.4 is 0 Å². The van der Waals surface area contributed by atoms with Crippen LogP contribution in [0.4, 0.5) is 0 Å². The maximum absolute atomic E-state index is 11.1. The summed E-state index contributed by atoms with van der Waals surface area (Å²) in [6.07, 6.45) is 0.641. The Morgan fingerprint density at radius 1 is 1.42 bits per heavy atom. The Morgan fingerprint density at radius 2 is 2.11 bits per heavy atom. The lowest BCUT2D eigenvalue weighted by atomic mass is 9.89. The van der Waals surface area contributed by atoms with Crippen molar-refractivity contribution in [3.63, 3.8) is 0 Å². The van der Waals surface area contributed by atoms with E-state index >= 15 is 0 Å². The van der Waals surface area contributed by atoms with E-state index in [-0.39, 0.29) is 0 Å². The van der Waals surface area contributed by atoms with Crippen LogP contribution in [0.3, 0.4) is 0 Å². The molecule has 1 aromatic rings. The van der Waals surface area contributed by atoms with Gasteiger partial charge in [-0.2, -0.15) is 0 Å². The minimum absolute atomic E-state index is 0.641. The predicted octanol–water partition coefficient (Wildman–Crippen LogP) is 2.71. The van der Waals surface area contributed by atoms with Gasteiger partial charge in [-0.15, -0.1) is 0 Å². The summed E-state index contributed by atoms with van der Waals surface area (Å²) < 4.78 is 0. The summed E-state index contributed by atoms with van der Waals surface area (Å²) in [6, 6.07) is 6.00. The molecule has 0 saturated heterocycles. The molecule has 4 heteroatoms. The van der Waals surface area contributed by atoms with Crippen LogP contribution in [0.5, 0.6) is 0 Å². The third kappa shape index (κ3) is 4.99. The molecule has 0 aromatic carbocycles. The van der Waals surface area contributed by atoms with Crippen molar-refractivity contribution < 1.29 is 9.90 Å². The van der Waals surface area contributed by atoms with Crippen molar-refractivity contribution in [2.24, 2.45) is 5.41 Å². The first-order chi connectivity index (χ1) is 8.85. The molecule has 0 spiro atoms. The molecule has 106 valence electrons. The fraction of sp³-hybridized carbons (Fsp3) is 0.600. The minimum Gasteiger partial charge on any atom is -0.481 e. The lowest BCUT2D eigenvalue weighted by Crippen LogP contribution is -2.32. The van der Waals surface area contributed by atoms with Crippen molar-refractivity contribution in [1.29, 1.82) is 0 Å². The first kappa shape index (κ1) is 15.6. The maximum atomic E-state index is 11.1. The van der Waals surface area contributed by atoms with Crippen molar-refractivity contribution in [2.45, 2.75) is 40.7 Å². The summed E-state index contributed by atoms with van der Waals surface area (Å²) in [5.74, 6) is -0.739. The quantitative estimate of drug-likeness (QED) is 0.822. The summed E-state index contributed by atoms with van der Waals surface area (Å²) in [7, 11) is 0. The molecular formula is C15H24N2O2. The second kappa shape index (κ2) is 6.66. The highest BCUT2D eigenvalue weighted by Gasteiger charge is 2.27. The fourth-order valence-electron chi connectivity index (χ4n) is 1.81. The molecule has 1 heterocycles. The van der Waals surface area contributed by atoms with E-state index in [9.17, 15) is 4.79 Å². The molecule has 0 fully saturated rings. The molecule has 4 nitrogen and oxygen atoms in total. The number of pyridine rings is 1. The van der Waals surface area contributed by atoms with Gasteiger partial charge >= 0.3 is 5.97 Å². The van der Waals surface area contributed by atoms with Gasteiger partial charge in [-0.1, -0.05) is 13.0 Å². The summed E-state index contributed by atoms with van der Waals surface area (Å²) in [5.41, 5.74) is 1.38. The third-order valence-corrected chi connectivity index (χ3v) is 3.41. The molecule has 0 saturated carbocycles. The number of aryl methyl sites for hydroxylation is 1. The van der Waals surface area contributed by atoms with Crippen molar-refractivity contribution >= 4 is 5.97 Å². The molecule has 0 radical (unpaired) electrons. The van der Waals surface area contributed by atoms with Gasteiger partial charge in [-0.25, -0.2) is 0 Å². The largest absolute Gasteiger partial charge is 0.481 e. The van der Waals surface area contributed by atoms with E-state index in [0.29, 0.717) is 6.42 Å². The molecule has 0 atom stereocenters. The van der Waals surface area contributed by atoms with Gasteiger partial charge in [-0.05, 0) is 52.4 Å². The summed E-state index contributed by atoms with van der Waals surface area (Å²) in [5, 5.41) is 9.12. The molecule has 0 unspecified atom stereocenters. The summed E-state index contributed by atoms with van der Waals surface area (Å²) >= 11 is 0. The van der Waals surface area contributed by atoms with Gasteiger partial charge in [0, 0.05) is 12.2 Å². The molecule has 0 aliphatic rings. The average Bonchev–Trinajstić information content (AvgIpc) is 2.34. The van der Waals surface area contributed by atoms with Crippen molar-refractivity contribution in [3.05, 3.63) is 29.6 Å². The van der Waals surface area contributed by atoms with E-state index in [1.807, 2.05) is 25.1 Å². The van der Waals surface area contributed by atoms with Gasteiger partial charge in [0.05, 0.1) is 11.1 Å². The second-order valence-electron chi connectivity index (χ2n) is 5.58. The number of hydrogen-bond donors (Lipinski definition) is 1. The highest BCUT2D eigenvalue weighted by Crippen LogP contribution is 2.21. The van der Waals surface area contributed by atoms with Crippen molar-refractivity contribution in [3.8, 4) is 0 Å². The van der Waals surface area contributed by atoms with E-state index < -0.39 is 11.4 Å². The molecule has 0 amide bonds. The Balaban J connectivity index is 2.57. The average molecular weight is 264 g/mol. The Morgan fingerprint density at radius 3 is 2.63 bits per heavy atom. The zero-order valence-electron chi connectivity index (χ0n) is 12.3. The number of carboxylic acids is 1. The molecular weight excluding hydrogens is 240 g/mol. The van der Waals surface area contributed by atoms with Crippen LogP contribution >= 0.6 is 0 Å². The predicted molar refractivity (Wildman–Crippen MR) is 76.0 cm³/mol. The fourth-order valence-corrected chi connectivity index (χ4v) is 1.81. The Hall–Kier alpha value is -1.42. The minimum atomic E-state index is -0.739. The molecule has 1 N–H and O–H groups in total. The number of carbonyl (C=O) groups is 1. The van der Waals surface area contributed by atoms with Crippen LogP contribution in [-0.2, 0) is 11.3 Å². The Bertz CT molecular complexity index is 430. The summed E-state index contributed by atoms with van der Waals surface area (Å²) in [4.78, 5) is 17.8. The van der Waals surface area contributed by atoms with Crippen LogP contribution in [0, 0.1) is 12.3 Å². The van der Waals surface area contributed by atoms with Crippen LogP contribution in [0.25, 0.3) is 0 Å². The number of nitrogens with zero attached hydrogens (tertiary/aromatic N) is 2. The normalized spacial score (nSPS) is 11.8. The van der Waals surface area contributed by atoms with Crippen LogP contribution in [0.1, 0.15) is 38.6 Å². The van der Waals surface area contributed by atoms with Crippen LogP contribution in [0.15, 0.2) is 18.2 Å². The van der Waals surface area contributed by atoms with E-state index in [4.69, 9.17) is 5.11 Å². The Labute approximate surface area is 115 Å². The second-order valence-corrected chi connectivity index (χ2v) is 5.58. The summed E-state index contributed by atoms with van der Waals surface area (Å²) in [6.45, 7) is 10.0. The smallest absolute Gasteiger partial charge is 0.309 e. The van der Waals surface area contributed by atoms with Crippen molar-refractivity contribution in [1.82, 2.24) is 9.88 Å². The van der Waals surface area contributed by atoms with Crippen molar-refractivity contribution in [2.75, 3.05) is 13.1 Å². The molecule has 0 aliphatic heterocycles. The van der Waals surface area contributed by atoms with E-state index in [1.165, 1.54) is 0 Å². The highest BCUT2D eigenvalue weighted by atomic mass is 16.4. The van der Waals surface area contributed by atoms with E-state index in [0.717, 1.165) is 31.0 Å². The van der Waals surface area contributed by atoms with Gasteiger partial charge in [0.1, 0.15) is 0 Å². The maximum Gasteiger partial charge on any atom is 0.309 e. The lowest BCUT2D eigenvalue weighted by molar-refractivity contribution is -0.147.